The molecule has 0 aromatic carbocycles. The van der Waals surface area contributed by atoms with E-state index in [1.165, 1.54) is 7.11 Å². The van der Waals surface area contributed by atoms with E-state index in [-0.39, 0.29) is 6.42 Å². The van der Waals surface area contributed by atoms with Gasteiger partial charge in [-0.15, -0.1) is 0 Å². The highest BCUT2D eigenvalue weighted by molar-refractivity contribution is 5.70. The molecule has 1 N–H and O–H groups in total. The Morgan fingerprint density at radius 3 is 3.00 bits per heavy atom. The van der Waals surface area contributed by atoms with Gasteiger partial charge in [0, 0.05) is 11.9 Å². The van der Waals surface area contributed by atoms with Gasteiger partial charge in [-0.3, -0.25) is 9.78 Å². The molecule has 1 atom stereocenters. The average molecular weight is 195 g/mol. The lowest BCUT2D eigenvalue weighted by Crippen LogP contribution is -2.08. The van der Waals surface area contributed by atoms with Gasteiger partial charge in [0.1, 0.15) is 0 Å². The van der Waals surface area contributed by atoms with E-state index < -0.39 is 12.1 Å². The number of ether oxygens (including phenoxy) is 1. The van der Waals surface area contributed by atoms with Crippen molar-refractivity contribution in [3.8, 4) is 0 Å². The van der Waals surface area contributed by atoms with Gasteiger partial charge in [0.2, 0.25) is 0 Å². The van der Waals surface area contributed by atoms with E-state index >= 15 is 0 Å². The number of methoxy groups -OCH3 is 1. The first-order valence-electron chi connectivity index (χ1n) is 4.31. The second-order valence-corrected chi connectivity index (χ2v) is 3.03. The van der Waals surface area contributed by atoms with E-state index in [4.69, 9.17) is 0 Å². The van der Waals surface area contributed by atoms with Crippen molar-refractivity contribution in [2.24, 2.45) is 0 Å². The Morgan fingerprint density at radius 2 is 2.43 bits per heavy atom. The van der Waals surface area contributed by atoms with Crippen LogP contribution < -0.4 is 0 Å². The molecular weight excluding hydrogens is 182 g/mol. The van der Waals surface area contributed by atoms with Crippen molar-refractivity contribution >= 4 is 5.97 Å². The second kappa shape index (κ2) is 4.72. The Kier molecular flexibility index (Phi) is 3.59. The number of nitrogens with zero attached hydrogens (tertiary/aromatic N) is 1. The molecule has 14 heavy (non-hydrogen) atoms. The van der Waals surface area contributed by atoms with Crippen molar-refractivity contribution in [1.29, 1.82) is 0 Å². The summed E-state index contributed by atoms with van der Waals surface area (Å²) in [6.07, 6.45) is 0.759. The third kappa shape index (κ3) is 2.81. The maximum Gasteiger partial charge on any atom is 0.308 e. The summed E-state index contributed by atoms with van der Waals surface area (Å²) in [4.78, 5) is 14.9. The van der Waals surface area contributed by atoms with Crippen molar-refractivity contribution in [3.05, 3.63) is 29.6 Å². The lowest BCUT2D eigenvalue weighted by Gasteiger charge is -2.09. The molecule has 0 spiro atoms. The summed E-state index contributed by atoms with van der Waals surface area (Å²) in [5.74, 6) is -0.424. The van der Waals surface area contributed by atoms with Crippen LogP contribution >= 0.6 is 0 Å². The fourth-order valence-corrected chi connectivity index (χ4v) is 1.13. The van der Waals surface area contributed by atoms with Gasteiger partial charge in [0.25, 0.3) is 0 Å². The molecule has 0 amide bonds. The smallest absolute Gasteiger partial charge is 0.308 e. The van der Waals surface area contributed by atoms with Crippen LogP contribution in [0.4, 0.5) is 0 Å². The molecule has 0 bridgehead atoms. The molecule has 0 aliphatic carbocycles. The summed E-state index contributed by atoms with van der Waals surface area (Å²) in [6, 6.07) is 3.42. The topological polar surface area (TPSA) is 59.4 Å². The van der Waals surface area contributed by atoms with Crippen molar-refractivity contribution in [2.45, 2.75) is 19.4 Å². The normalized spacial score (nSPS) is 12.2. The molecule has 4 nitrogen and oxygen atoms in total. The number of pyridine rings is 1. The van der Waals surface area contributed by atoms with E-state index in [9.17, 15) is 9.90 Å². The Morgan fingerprint density at radius 1 is 1.71 bits per heavy atom. The Hall–Kier alpha value is -1.42. The number of aliphatic hydroxyl groups is 1. The molecule has 0 fully saturated rings. The molecule has 1 aromatic rings. The predicted molar refractivity (Wildman–Crippen MR) is 50.6 cm³/mol. The Labute approximate surface area is 82.5 Å². The molecule has 0 radical (unpaired) electrons. The number of hydrogen-bond donors (Lipinski definition) is 1. The summed E-state index contributed by atoms with van der Waals surface area (Å²) in [5.41, 5.74) is 1.49. The first kappa shape index (κ1) is 10.7. The predicted octanol–water partition coefficient (Wildman–Crippen LogP) is 0.987. The van der Waals surface area contributed by atoms with Gasteiger partial charge in [-0.25, -0.2) is 0 Å². The van der Waals surface area contributed by atoms with Crippen molar-refractivity contribution < 1.29 is 14.6 Å². The van der Waals surface area contributed by atoms with Crippen LogP contribution in [0, 0.1) is 6.92 Å². The van der Waals surface area contributed by atoms with Crippen LogP contribution in [0.3, 0.4) is 0 Å². The van der Waals surface area contributed by atoms with E-state index in [0.29, 0.717) is 5.56 Å². The van der Waals surface area contributed by atoms with Crippen LogP contribution in [0.25, 0.3) is 0 Å². The standard InChI is InChI=1S/C10H13NO3/c1-7-5-8(3-4-11-7)9(12)6-10(13)14-2/h3-5,9,12H,6H2,1-2H3/t9-/m0/s1. The zero-order valence-corrected chi connectivity index (χ0v) is 8.23. The number of rotatable bonds is 3. The SMILES string of the molecule is COC(=O)C[C@H](O)c1ccnc(C)c1. The van der Waals surface area contributed by atoms with Gasteiger partial charge in [-0.05, 0) is 24.6 Å². The highest BCUT2D eigenvalue weighted by Gasteiger charge is 2.13. The lowest BCUT2D eigenvalue weighted by atomic mass is 10.1. The van der Waals surface area contributed by atoms with Crippen molar-refractivity contribution in [1.82, 2.24) is 4.98 Å². The minimum Gasteiger partial charge on any atom is -0.469 e. The number of esters is 1. The summed E-state index contributed by atoms with van der Waals surface area (Å²) in [7, 11) is 1.30. The Balaban J connectivity index is 2.69. The van der Waals surface area contributed by atoms with Gasteiger partial charge in [-0.2, -0.15) is 0 Å². The quantitative estimate of drug-likeness (QED) is 0.730. The second-order valence-electron chi connectivity index (χ2n) is 3.03. The highest BCUT2D eigenvalue weighted by atomic mass is 16.5. The van der Waals surface area contributed by atoms with Gasteiger partial charge in [-0.1, -0.05) is 0 Å². The first-order valence-corrected chi connectivity index (χ1v) is 4.31. The number of aromatic nitrogens is 1. The fraction of sp³-hybridized carbons (Fsp3) is 0.400. The molecular formula is C10H13NO3. The maximum absolute atomic E-state index is 10.9. The van der Waals surface area contributed by atoms with Gasteiger partial charge < -0.3 is 9.84 Å². The van der Waals surface area contributed by atoms with Crippen molar-refractivity contribution in [3.63, 3.8) is 0 Å². The van der Waals surface area contributed by atoms with Gasteiger partial charge >= 0.3 is 5.97 Å². The first-order chi connectivity index (χ1) is 6.63. The zero-order chi connectivity index (χ0) is 10.6. The van der Waals surface area contributed by atoms with E-state index in [1.54, 1.807) is 18.3 Å². The third-order valence-corrected chi connectivity index (χ3v) is 1.89. The highest BCUT2D eigenvalue weighted by Crippen LogP contribution is 2.16. The molecule has 1 heterocycles. The molecule has 1 aromatic heterocycles. The monoisotopic (exact) mass is 195 g/mol. The van der Waals surface area contributed by atoms with Gasteiger partial charge in [0.05, 0.1) is 19.6 Å². The fourth-order valence-electron chi connectivity index (χ4n) is 1.13. The zero-order valence-electron chi connectivity index (χ0n) is 8.23. The molecule has 0 saturated carbocycles. The van der Waals surface area contributed by atoms with Crippen LogP contribution in [0.5, 0.6) is 0 Å². The molecule has 0 saturated heterocycles. The average Bonchev–Trinajstić information content (AvgIpc) is 2.17. The molecule has 4 heteroatoms. The molecule has 76 valence electrons. The molecule has 1 rings (SSSR count). The van der Waals surface area contributed by atoms with Crippen LogP contribution in [0.2, 0.25) is 0 Å². The summed E-state index contributed by atoms with van der Waals surface area (Å²) in [5, 5.41) is 9.62. The summed E-state index contributed by atoms with van der Waals surface area (Å²) in [6.45, 7) is 1.83. The number of carbonyl (C=O) groups excluding carboxylic acids is 1. The third-order valence-electron chi connectivity index (χ3n) is 1.89. The minimum absolute atomic E-state index is 0.0278. The largest absolute Gasteiger partial charge is 0.469 e. The maximum atomic E-state index is 10.9. The van der Waals surface area contributed by atoms with Crippen LogP contribution in [-0.2, 0) is 9.53 Å². The van der Waals surface area contributed by atoms with Crippen LogP contribution in [-0.4, -0.2) is 23.2 Å². The molecule has 0 unspecified atom stereocenters. The van der Waals surface area contributed by atoms with Crippen molar-refractivity contribution in [2.75, 3.05) is 7.11 Å². The lowest BCUT2D eigenvalue weighted by molar-refractivity contribution is -0.142. The van der Waals surface area contributed by atoms with E-state index in [0.717, 1.165) is 5.69 Å². The van der Waals surface area contributed by atoms with Crippen LogP contribution in [0.15, 0.2) is 18.3 Å². The summed E-state index contributed by atoms with van der Waals surface area (Å²) < 4.78 is 4.46. The number of aliphatic hydroxyl groups excluding tert-OH is 1. The molecule has 0 aliphatic rings. The summed E-state index contributed by atoms with van der Waals surface area (Å²) >= 11 is 0. The number of carbonyl (C=O) groups is 1. The minimum atomic E-state index is -0.816. The van der Waals surface area contributed by atoms with E-state index in [1.807, 2.05) is 6.92 Å². The molecule has 0 aliphatic heterocycles. The number of hydrogen-bond acceptors (Lipinski definition) is 4. The van der Waals surface area contributed by atoms with Gasteiger partial charge in [0.15, 0.2) is 0 Å². The van der Waals surface area contributed by atoms with Crippen LogP contribution in [0.1, 0.15) is 23.8 Å². The Bertz CT molecular complexity index is 325. The number of aryl methyl sites for hydroxylation is 1. The van der Waals surface area contributed by atoms with E-state index in [2.05, 4.69) is 9.72 Å².